The van der Waals surface area contributed by atoms with Crippen LogP contribution in [0.5, 0.6) is 0 Å². The van der Waals surface area contributed by atoms with Gasteiger partial charge in [-0.2, -0.15) is 0 Å². The van der Waals surface area contributed by atoms with Gasteiger partial charge in [0.25, 0.3) is 5.91 Å². The van der Waals surface area contributed by atoms with Crippen LogP contribution in [0.2, 0.25) is 0 Å². The van der Waals surface area contributed by atoms with Crippen LogP contribution >= 0.6 is 27.7 Å². The predicted molar refractivity (Wildman–Crippen MR) is 91.4 cm³/mol. The summed E-state index contributed by atoms with van der Waals surface area (Å²) in [5.41, 5.74) is 0.339. The molecule has 1 heterocycles. The Balaban J connectivity index is 1.89. The first-order valence-electron chi connectivity index (χ1n) is 6.89. The fourth-order valence-corrected chi connectivity index (χ4v) is 3.13. The first-order chi connectivity index (χ1) is 11.9. The zero-order valence-corrected chi connectivity index (χ0v) is 15.1. The largest absolute Gasteiger partial charge is 0.321 e. The molecule has 1 amide bonds. The molecule has 25 heavy (non-hydrogen) atoms. The number of carbonyl (C=O) groups is 1. The van der Waals surface area contributed by atoms with Gasteiger partial charge in [0.15, 0.2) is 0 Å². The lowest BCUT2D eigenvalue weighted by atomic mass is 10.2. The molecule has 1 aromatic heterocycles. The van der Waals surface area contributed by atoms with E-state index in [9.17, 15) is 13.6 Å². The fourth-order valence-electron chi connectivity index (χ4n) is 1.97. The number of benzene rings is 2. The third kappa shape index (κ3) is 4.20. The normalized spacial score (nSPS) is 10.7. The monoisotopic (exact) mass is 425 g/mol. The molecule has 0 aliphatic heterocycles. The highest BCUT2D eigenvalue weighted by Crippen LogP contribution is 2.34. The quantitative estimate of drug-likeness (QED) is 0.690. The lowest BCUT2D eigenvalue weighted by Gasteiger charge is -2.11. The number of halogens is 3. The maximum Gasteiger partial charge on any atom is 0.255 e. The Labute approximate surface area is 153 Å². The van der Waals surface area contributed by atoms with E-state index >= 15 is 0 Å². The van der Waals surface area contributed by atoms with E-state index in [1.54, 1.807) is 25.2 Å². The van der Waals surface area contributed by atoms with Crippen molar-refractivity contribution in [1.29, 1.82) is 0 Å². The molecule has 3 rings (SSSR count). The molecule has 0 unspecified atom stereocenters. The Hall–Kier alpha value is -2.33. The molecule has 0 aliphatic rings. The average Bonchev–Trinajstić information content (AvgIpc) is 2.94. The van der Waals surface area contributed by atoms with E-state index in [1.807, 2.05) is 0 Å². The lowest BCUT2D eigenvalue weighted by molar-refractivity contribution is 0.102. The highest BCUT2D eigenvalue weighted by molar-refractivity contribution is 9.10. The van der Waals surface area contributed by atoms with Crippen LogP contribution in [0.1, 0.15) is 10.4 Å². The van der Waals surface area contributed by atoms with Gasteiger partial charge in [-0.05, 0) is 52.5 Å². The number of hydrogen-bond acceptors (Lipinski definition) is 5. The van der Waals surface area contributed by atoms with E-state index in [0.29, 0.717) is 21.8 Å². The maximum atomic E-state index is 13.3. The van der Waals surface area contributed by atoms with Crippen molar-refractivity contribution in [3.63, 3.8) is 0 Å². The third-order valence-corrected chi connectivity index (χ3v) is 4.69. The number of anilines is 1. The summed E-state index contributed by atoms with van der Waals surface area (Å²) in [6.07, 6.45) is 0. The van der Waals surface area contributed by atoms with Gasteiger partial charge in [0.1, 0.15) is 11.6 Å². The van der Waals surface area contributed by atoms with Gasteiger partial charge >= 0.3 is 0 Å². The Kier molecular flexibility index (Phi) is 5.09. The maximum absolute atomic E-state index is 13.3. The molecule has 6 nitrogen and oxygen atoms in total. The van der Waals surface area contributed by atoms with Crippen molar-refractivity contribution in [3.05, 3.63) is 58.1 Å². The molecule has 1 N–H and O–H groups in total. The van der Waals surface area contributed by atoms with Gasteiger partial charge in [0.05, 0.1) is 5.69 Å². The number of amides is 1. The van der Waals surface area contributed by atoms with E-state index in [2.05, 4.69) is 36.8 Å². The summed E-state index contributed by atoms with van der Waals surface area (Å²) in [4.78, 5) is 13.0. The summed E-state index contributed by atoms with van der Waals surface area (Å²) in [7, 11) is 1.69. The Bertz CT molecular complexity index is 929. The summed E-state index contributed by atoms with van der Waals surface area (Å²) in [5.74, 6) is -2.27. The zero-order chi connectivity index (χ0) is 18.0. The molecule has 0 bridgehead atoms. The van der Waals surface area contributed by atoms with Crippen LogP contribution in [-0.4, -0.2) is 26.1 Å². The van der Waals surface area contributed by atoms with Crippen LogP contribution in [-0.2, 0) is 7.05 Å². The molecule has 2 aromatic carbocycles. The van der Waals surface area contributed by atoms with Crippen molar-refractivity contribution >= 4 is 39.3 Å². The minimum Gasteiger partial charge on any atom is -0.321 e. The molecule has 3 aromatic rings. The molecule has 128 valence electrons. The molecule has 0 fully saturated rings. The molecule has 0 aliphatic carbocycles. The van der Waals surface area contributed by atoms with E-state index in [4.69, 9.17) is 0 Å². The molecule has 10 heteroatoms. The van der Waals surface area contributed by atoms with Crippen LogP contribution in [0.25, 0.3) is 0 Å². The Morgan fingerprint density at radius 2 is 1.92 bits per heavy atom. The van der Waals surface area contributed by atoms with Crippen molar-refractivity contribution in [2.75, 3.05) is 5.32 Å². The highest BCUT2D eigenvalue weighted by Gasteiger charge is 2.14. The van der Waals surface area contributed by atoms with Gasteiger partial charge < -0.3 is 5.32 Å². The zero-order valence-electron chi connectivity index (χ0n) is 12.7. The predicted octanol–water partition coefficient (Wildman–Crippen LogP) is 3.65. The summed E-state index contributed by atoms with van der Waals surface area (Å²) < 4.78 is 28.8. The first-order valence-corrected chi connectivity index (χ1v) is 8.50. The van der Waals surface area contributed by atoms with Gasteiger partial charge in [0, 0.05) is 28.0 Å². The minimum absolute atomic E-state index is 0.117. The number of nitrogens with zero attached hydrogens (tertiary/aromatic N) is 4. The van der Waals surface area contributed by atoms with E-state index in [1.165, 1.54) is 16.4 Å². The van der Waals surface area contributed by atoms with E-state index in [0.717, 1.165) is 16.6 Å². The van der Waals surface area contributed by atoms with Gasteiger partial charge in [-0.3, -0.25) is 4.79 Å². The number of carbonyl (C=O) groups excluding carboxylic acids is 1. The molecule has 0 spiro atoms. The Morgan fingerprint density at radius 1 is 1.20 bits per heavy atom. The topological polar surface area (TPSA) is 72.7 Å². The second kappa shape index (κ2) is 7.28. The first kappa shape index (κ1) is 17.5. The van der Waals surface area contributed by atoms with Gasteiger partial charge in [-0.1, -0.05) is 15.9 Å². The van der Waals surface area contributed by atoms with Crippen LogP contribution in [0.3, 0.4) is 0 Å². The van der Waals surface area contributed by atoms with E-state index < -0.39 is 17.5 Å². The van der Waals surface area contributed by atoms with Crippen molar-refractivity contribution in [1.82, 2.24) is 20.2 Å². The molecule has 0 saturated carbocycles. The summed E-state index contributed by atoms with van der Waals surface area (Å²) in [6.45, 7) is 0. The second-order valence-corrected chi connectivity index (χ2v) is 6.86. The molecule has 0 radical (unpaired) electrons. The number of hydrogen-bond donors (Lipinski definition) is 1. The summed E-state index contributed by atoms with van der Waals surface area (Å²) >= 11 is 4.57. The number of aromatic nitrogens is 4. The standard InChI is InChI=1S/C15H10BrF2N5OS/c1-23-15(20-21-22-23)25-13-3-2-9(16)6-12(13)19-14(24)8-4-10(17)7-11(18)5-8/h2-7H,1H3,(H,19,24). The van der Waals surface area contributed by atoms with Crippen molar-refractivity contribution in [2.45, 2.75) is 10.1 Å². The third-order valence-electron chi connectivity index (χ3n) is 3.10. The lowest BCUT2D eigenvalue weighted by Crippen LogP contribution is -2.13. The van der Waals surface area contributed by atoms with Crippen LogP contribution in [0.4, 0.5) is 14.5 Å². The fraction of sp³-hybridized carbons (Fsp3) is 0.0667. The number of rotatable bonds is 4. The summed E-state index contributed by atoms with van der Waals surface area (Å²) in [5, 5.41) is 14.4. The minimum atomic E-state index is -0.820. The number of aryl methyl sites for hydroxylation is 1. The highest BCUT2D eigenvalue weighted by atomic mass is 79.9. The van der Waals surface area contributed by atoms with Crippen molar-refractivity contribution < 1.29 is 13.6 Å². The molecular formula is C15H10BrF2N5OS. The number of nitrogens with one attached hydrogen (secondary N) is 1. The number of tetrazole rings is 1. The molecule has 0 atom stereocenters. The molecular weight excluding hydrogens is 416 g/mol. The van der Waals surface area contributed by atoms with Crippen LogP contribution in [0, 0.1) is 11.6 Å². The van der Waals surface area contributed by atoms with E-state index in [-0.39, 0.29) is 5.56 Å². The summed E-state index contributed by atoms with van der Waals surface area (Å²) in [6, 6.07) is 7.89. The van der Waals surface area contributed by atoms with Gasteiger partial charge in [-0.25, -0.2) is 13.5 Å². The molecule has 0 saturated heterocycles. The SMILES string of the molecule is Cn1nnnc1Sc1ccc(Br)cc1NC(=O)c1cc(F)cc(F)c1. The van der Waals surface area contributed by atoms with Crippen molar-refractivity contribution in [3.8, 4) is 0 Å². The smallest absolute Gasteiger partial charge is 0.255 e. The van der Waals surface area contributed by atoms with Gasteiger partial charge in [-0.15, -0.1) is 5.10 Å². The average molecular weight is 426 g/mol. The van der Waals surface area contributed by atoms with Gasteiger partial charge in [0.2, 0.25) is 5.16 Å². The van der Waals surface area contributed by atoms with Crippen molar-refractivity contribution in [2.24, 2.45) is 7.05 Å². The Morgan fingerprint density at radius 3 is 2.56 bits per heavy atom. The van der Waals surface area contributed by atoms with Crippen LogP contribution in [0.15, 0.2) is 50.9 Å². The van der Waals surface area contributed by atoms with Crippen LogP contribution < -0.4 is 5.32 Å². The second-order valence-electron chi connectivity index (χ2n) is 4.94.